The van der Waals surface area contributed by atoms with Crippen molar-refractivity contribution in [3.05, 3.63) is 30.2 Å². The summed E-state index contributed by atoms with van der Waals surface area (Å²) in [4.78, 5) is 11.8. The Morgan fingerprint density at radius 1 is 1.50 bits per heavy atom. The van der Waals surface area contributed by atoms with Crippen LogP contribution in [0.3, 0.4) is 0 Å². The third kappa shape index (κ3) is 3.67. The number of aryl methyl sites for hydroxylation is 1. The molecule has 20 heavy (non-hydrogen) atoms. The van der Waals surface area contributed by atoms with E-state index in [0.717, 1.165) is 5.69 Å². The van der Waals surface area contributed by atoms with Gasteiger partial charge < -0.3 is 9.84 Å². The van der Waals surface area contributed by atoms with E-state index in [0.29, 0.717) is 5.88 Å². The van der Waals surface area contributed by atoms with Gasteiger partial charge in [-0.25, -0.2) is 0 Å². The number of aromatic nitrogens is 3. The lowest BCUT2D eigenvalue weighted by atomic mass is 10.2. The predicted molar refractivity (Wildman–Crippen MR) is 74.3 cm³/mol. The first-order valence-corrected chi connectivity index (χ1v) is 6.52. The van der Waals surface area contributed by atoms with Crippen molar-refractivity contribution in [2.24, 2.45) is 0 Å². The maximum absolute atomic E-state index is 11.8. The van der Waals surface area contributed by atoms with Crippen molar-refractivity contribution >= 4 is 11.8 Å². The Morgan fingerprint density at radius 2 is 2.30 bits per heavy atom. The zero-order valence-corrected chi connectivity index (χ0v) is 11.8. The zero-order valence-electron chi connectivity index (χ0n) is 11.8. The number of carbonyl (C=O) groups excluding carboxylic acids is 1. The molecule has 0 radical (unpaired) electrons. The number of carbonyl (C=O) groups is 1. The predicted octanol–water partition coefficient (Wildman–Crippen LogP) is 1.36. The van der Waals surface area contributed by atoms with Crippen LogP contribution in [0.1, 0.15) is 25.6 Å². The normalized spacial score (nSPS) is 13.9. The molecule has 0 fully saturated rings. The summed E-state index contributed by atoms with van der Waals surface area (Å²) in [5.74, 6) is 0.197. The Bertz CT molecular complexity index is 549. The van der Waals surface area contributed by atoms with Gasteiger partial charge in [0.25, 0.3) is 0 Å². The molecule has 2 rings (SSSR count). The molecule has 7 heteroatoms. The quantitative estimate of drug-likeness (QED) is 0.832. The minimum atomic E-state index is -0.166. The van der Waals surface area contributed by atoms with Gasteiger partial charge in [0.1, 0.15) is 0 Å². The molecular weight excluding hydrogens is 258 g/mol. The highest BCUT2D eigenvalue weighted by Gasteiger charge is 2.15. The Labute approximate surface area is 117 Å². The van der Waals surface area contributed by atoms with E-state index in [1.54, 1.807) is 19.2 Å². The summed E-state index contributed by atoms with van der Waals surface area (Å²) < 4.78 is 6.78. The number of amides is 1. The molecule has 0 aliphatic rings. The minimum absolute atomic E-state index is 0.108. The zero-order chi connectivity index (χ0) is 14.5. The molecule has 0 unspecified atom stereocenters. The van der Waals surface area contributed by atoms with Gasteiger partial charge in [0.05, 0.1) is 18.3 Å². The fourth-order valence-electron chi connectivity index (χ4n) is 1.78. The van der Waals surface area contributed by atoms with Crippen LogP contribution in [0.25, 0.3) is 0 Å². The van der Waals surface area contributed by atoms with E-state index in [1.165, 1.54) is 0 Å². The van der Waals surface area contributed by atoms with Crippen LogP contribution in [0.5, 0.6) is 0 Å². The fourth-order valence-corrected chi connectivity index (χ4v) is 1.78. The van der Waals surface area contributed by atoms with Crippen molar-refractivity contribution in [2.75, 3.05) is 11.9 Å². The summed E-state index contributed by atoms with van der Waals surface area (Å²) in [5.41, 5.74) is 0.730. The van der Waals surface area contributed by atoms with Crippen LogP contribution < -0.4 is 10.6 Å². The first-order chi connectivity index (χ1) is 9.56. The van der Waals surface area contributed by atoms with Crippen molar-refractivity contribution in [2.45, 2.75) is 32.9 Å². The van der Waals surface area contributed by atoms with Gasteiger partial charge in [-0.3, -0.25) is 14.8 Å². The number of nitrogens with one attached hydrogen (secondary N) is 2. The second-order valence-corrected chi connectivity index (χ2v) is 4.78. The molecule has 0 saturated heterocycles. The van der Waals surface area contributed by atoms with E-state index >= 15 is 0 Å². The topological polar surface area (TPSA) is 85.0 Å². The molecule has 2 aromatic rings. The molecular formula is C13H19N5O2. The van der Waals surface area contributed by atoms with Crippen molar-refractivity contribution in [3.8, 4) is 0 Å². The van der Waals surface area contributed by atoms with Gasteiger partial charge in [0, 0.05) is 24.5 Å². The third-order valence-electron chi connectivity index (χ3n) is 3.14. The number of anilines is 1. The smallest absolute Gasteiger partial charge is 0.240 e. The Kier molecular flexibility index (Phi) is 4.52. The SMILES string of the molecule is Cc1cc(NC(=O)CN[C@@H](C)[C@H](C)n2cccn2)on1. The van der Waals surface area contributed by atoms with Gasteiger partial charge >= 0.3 is 0 Å². The van der Waals surface area contributed by atoms with Crippen LogP contribution in [0.4, 0.5) is 5.88 Å². The van der Waals surface area contributed by atoms with Crippen molar-refractivity contribution < 1.29 is 9.32 Å². The lowest BCUT2D eigenvalue weighted by Gasteiger charge is -2.21. The molecule has 0 aliphatic heterocycles. The van der Waals surface area contributed by atoms with Crippen molar-refractivity contribution in [1.29, 1.82) is 0 Å². The largest absolute Gasteiger partial charge is 0.338 e. The molecule has 0 aromatic carbocycles. The van der Waals surface area contributed by atoms with E-state index in [9.17, 15) is 4.79 Å². The first kappa shape index (κ1) is 14.3. The van der Waals surface area contributed by atoms with Gasteiger partial charge in [0.15, 0.2) is 0 Å². The summed E-state index contributed by atoms with van der Waals surface area (Å²) in [6.45, 7) is 6.05. The lowest BCUT2D eigenvalue weighted by Crippen LogP contribution is -2.39. The van der Waals surface area contributed by atoms with Gasteiger partial charge in [-0.2, -0.15) is 5.10 Å². The van der Waals surface area contributed by atoms with Crippen LogP contribution in [0.2, 0.25) is 0 Å². The van der Waals surface area contributed by atoms with Gasteiger partial charge in [-0.1, -0.05) is 5.16 Å². The molecule has 0 saturated carbocycles. The van der Waals surface area contributed by atoms with Gasteiger partial charge in [-0.05, 0) is 26.8 Å². The molecule has 0 aliphatic carbocycles. The fraction of sp³-hybridized carbons (Fsp3) is 0.462. The molecule has 108 valence electrons. The molecule has 1 amide bonds. The van der Waals surface area contributed by atoms with Crippen LogP contribution >= 0.6 is 0 Å². The van der Waals surface area contributed by atoms with Crippen LogP contribution in [0, 0.1) is 6.92 Å². The summed E-state index contributed by atoms with van der Waals surface area (Å²) in [5, 5.41) is 13.7. The number of nitrogens with zero attached hydrogens (tertiary/aromatic N) is 3. The second kappa shape index (κ2) is 6.33. The average Bonchev–Trinajstić information content (AvgIpc) is 3.07. The lowest BCUT2D eigenvalue weighted by molar-refractivity contribution is -0.115. The number of rotatable bonds is 6. The summed E-state index contributed by atoms with van der Waals surface area (Å²) >= 11 is 0. The highest BCUT2D eigenvalue weighted by atomic mass is 16.5. The number of hydrogen-bond acceptors (Lipinski definition) is 5. The molecule has 2 atom stereocenters. The number of hydrogen-bond donors (Lipinski definition) is 2. The molecule has 2 N–H and O–H groups in total. The minimum Gasteiger partial charge on any atom is -0.338 e. The van der Waals surface area contributed by atoms with Gasteiger partial charge in [0.2, 0.25) is 11.8 Å². The first-order valence-electron chi connectivity index (χ1n) is 6.52. The molecule has 0 spiro atoms. The standard InChI is InChI=1S/C13H19N5O2/c1-9-7-13(20-17-9)16-12(19)8-14-10(2)11(3)18-6-4-5-15-18/h4-7,10-11,14H,8H2,1-3H3,(H,16,19)/t10-,11-/m0/s1. The highest BCUT2D eigenvalue weighted by molar-refractivity contribution is 5.90. The van der Waals surface area contributed by atoms with E-state index in [-0.39, 0.29) is 24.5 Å². The Morgan fingerprint density at radius 3 is 2.90 bits per heavy atom. The molecule has 2 aromatic heterocycles. The van der Waals surface area contributed by atoms with Crippen LogP contribution in [0.15, 0.2) is 29.0 Å². The summed E-state index contributed by atoms with van der Waals surface area (Å²) in [7, 11) is 0. The van der Waals surface area contributed by atoms with Crippen LogP contribution in [-0.4, -0.2) is 33.4 Å². The van der Waals surface area contributed by atoms with E-state index in [1.807, 2.05) is 30.8 Å². The molecule has 0 bridgehead atoms. The van der Waals surface area contributed by atoms with E-state index < -0.39 is 0 Å². The highest BCUT2D eigenvalue weighted by Crippen LogP contribution is 2.09. The second-order valence-electron chi connectivity index (χ2n) is 4.78. The average molecular weight is 277 g/mol. The summed E-state index contributed by atoms with van der Waals surface area (Å²) in [6.07, 6.45) is 3.64. The maximum atomic E-state index is 11.8. The Hall–Kier alpha value is -2.15. The monoisotopic (exact) mass is 277 g/mol. The van der Waals surface area contributed by atoms with Crippen molar-refractivity contribution in [3.63, 3.8) is 0 Å². The molecule has 2 heterocycles. The van der Waals surface area contributed by atoms with Crippen LogP contribution in [-0.2, 0) is 4.79 Å². The van der Waals surface area contributed by atoms with Crippen molar-refractivity contribution in [1.82, 2.24) is 20.3 Å². The summed E-state index contributed by atoms with van der Waals surface area (Å²) in [6, 6.07) is 3.82. The van der Waals surface area contributed by atoms with E-state index in [4.69, 9.17) is 4.52 Å². The molecule has 7 nitrogen and oxygen atoms in total. The Balaban J connectivity index is 1.78. The maximum Gasteiger partial charge on any atom is 0.240 e. The third-order valence-corrected chi connectivity index (χ3v) is 3.14. The van der Waals surface area contributed by atoms with Gasteiger partial charge in [-0.15, -0.1) is 0 Å². The van der Waals surface area contributed by atoms with E-state index in [2.05, 4.69) is 20.9 Å².